The van der Waals surface area contributed by atoms with E-state index in [0.717, 1.165) is 19.3 Å². The number of anilines is 1. The molecule has 0 saturated carbocycles. The zero-order valence-corrected chi connectivity index (χ0v) is 15.8. The highest BCUT2D eigenvalue weighted by Crippen LogP contribution is 2.18. The van der Waals surface area contributed by atoms with Crippen LogP contribution < -0.4 is 10.7 Å². The van der Waals surface area contributed by atoms with Gasteiger partial charge in [0.1, 0.15) is 6.04 Å². The Morgan fingerprint density at radius 3 is 2.50 bits per heavy atom. The summed E-state index contributed by atoms with van der Waals surface area (Å²) >= 11 is 5.24. The van der Waals surface area contributed by atoms with E-state index < -0.39 is 6.04 Å². The van der Waals surface area contributed by atoms with Gasteiger partial charge in [-0.05, 0) is 30.8 Å². The number of hydrogen-bond acceptors (Lipinski definition) is 4. The summed E-state index contributed by atoms with van der Waals surface area (Å²) in [6.45, 7) is 2.06. The molecule has 26 heavy (non-hydrogen) atoms. The van der Waals surface area contributed by atoms with Crippen molar-refractivity contribution in [2.24, 2.45) is 0 Å². The van der Waals surface area contributed by atoms with Crippen molar-refractivity contribution in [2.45, 2.75) is 45.1 Å². The Morgan fingerprint density at radius 1 is 1.15 bits per heavy atom. The molecule has 8 heteroatoms. The summed E-state index contributed by atoms with van der Waals surface area (Å²) in [5.41, 5.74) is 3.33. The van der Waals surface area contributed by atoms with E-state index in [-0.39, 0.29) is 29.3 Å². The molecule has 2 N–H and O–H groups in total. The van der Waals surface area contributed by atoms with Crippen LogP contribution in [-0.2, 0) is 14.4 Å². The highest BCUT2D eigenvalue weighted by Gasteiger charge is 2.42. The van der Waals surface area contributed by atoms with Crippen LogP contribution in [0.25, 0.3) is 0 Å². The van der Waals surface area contributed by atoms with Crippen LogP contribution in [0.4, 0.5) is 5.69 Å². The maximum absolute atomic E-state index is 12.4. The van der Waals surface area contributed by atoms with E-state index in [9.17, 15) is 14.4 Å². The zero-order valence-electron chi connectivity index (χ0n) is 15.0. The monoisotopic (exact) mass is 376 g/mol. The van der Waals surface area contributed by atoms with Crippen molar-refractivity contribution < 1.29 is 14.4 Å². The lowest BCUT2D eigenvalue weighted by Crippen LogP contribution is -2.49. The average Bonchev–Trinajstić information content (AvgIpc) is 2.81. The van der Waals surface area contributed by atoms with E-state index in [1.54, 1.807) is 12.1 Å². The van der Waals surface area contributed by atoms with E-state index in [2.05, 4.69) is 17.7 Å². The van der Waals surface area contributed by atoms with Crippen LogP contribution in [0.3, 0.4) is 0 Å². The first-order valence-electron chi connectivity index (χ1n) is 8.69. The normalized spacial score (nSPS) is 16.8. The van der Waals surface area contributed by atoms with Crippen LogP contribution in [0.15, 0.2) is 30.3 Å². The minimum atomic E-state index is -0.841. The summed E-state index contributed by atoms with van der Waals surface area (Å²) in [6, 6.07) is 8.15. The molecule has 0 aromatic heterocycles. The van der Waals surface area contributed by atoms with Crippen molar-refractivity contribution >= 4 is 40.7 Å². The minimum Gasteiger partial charge on any atom is -0.326 e. The topological polar surface area (TPSA) is 81.8 Å². The van der Waals surface area contributed by atoms with Gasteiger partial charge in [0.2, 0.25) is 11.8 Å². The molecule has 1 aromatic carbocycles. The van der Waals surface area contributed by atoms with Gasteiger partial charge in [-0.25, -0.2) is 5.01 Å². The molecule has 1 heterocycles. The summed E-state index contributed by atoms with van der Waals surface area (Å²) in [5, 5.41) is 4.26. The maximum Gasteiger partial charge on any atom is 0.253 e. The quantitative estimate of drug-likeness (QED) is 0.536. The molecule has 2 rings (SSSR count). The number of para-hydroxylation sites is 1. The highest BCUT2D eigenvalue weighted by atomic mass is 32.1. The molecule has 1 fully saturated rings. The third-order valence-electron chi connectivity index (χ3n) is 4.11. The summed E-state index contributed by atoms with van der Waals surface area (Å²) in [5.74, 6) is -0.845. The number of hydrazine groups is 1. The molecule has 1 atom stereocenters. The highest BCUT2D eigenvalue weighted by molar-refractivity contribution is 7.80. The van der Waals surface area contributed by atoms with Crippen molar-refractivity contribution in [3.63, 3.8) is 0 Å². The number of hydrogen-bond donors (Lipinski definition) is 2. The smallest absolute Gasteiger partial charge is 0.253 e. The van der Waals surface area contributed by atoms with Gasteiger partial charge >= 0.3 is 0 Å². The standard InChI is InChI=1S/C18H24N4O3S/c1-3-4-6-11-15(23)20-22-14(17(25)21(2)18(22)26)12-16(24)19-13-9-7-5-8-10-13/h5,7-10,14H,3-4,6,11-12H2,1-2H3,(H,19,24)(H,20,23). The Labute approximate surface area is 158 Å². The molecule has 0 spiro atoms. The van der Waals surface area contributed by atoms with Crippen molar-refractivity contribution in [1.82, 2.24) is 15.3 Å². The Bertz CT molecular complexity index is 680. The second-order valence-corrected chi connectivity index (χ2v) is 6.54. The van der Waals surface area contributed by atoms with Crippen LogP contribution in [-0.4, -0.2) is 45.8 Å². The van der Waals surface area contributed by atoms with E-state index in [1.165, 1.54) is 17.0 Å². The molecule has 140 valence electrons. The third-order valence-corrected chi connectivity index (χ3v) is 4.58. The van der Waals surface area contributed by atoms with E-state index in [4.69, 9.17) is 12.2 Å². The second kappa shape index (κ2) is 9.28. The van der Waals surface area contributed by atoms with Gasteiger partial charge < -0.3 is 5.32 Å². The minimum absolute atomic E-state index is 0.104. The molecule has 1 unspecified atom stereocenters. The molecule has 3 amide bonds. The SMILES string of the molecule is CCCCCC(=O)NN1C(=S)N(C)C(=O)C1CC(=O)Nc1ccccc1. The number of nitrogens with zero attached hydrogens (tertiary/aromatic N) is 2. The number of likely N-dealkylation sites (N-methyl/N-ethyl adjacent to an activating group) is 1. The Hall–Kier alpha value is -2.48. The summed E-state index contributed by atoms with van der Waals surface area (Å²) < 4.78 is 0. The first-order chi connectivity index (χ1) is 12.4. The second-order valence-electron chi connectivity index (χ2n) is 6.18. The predicted octanol–water partition coefficient (Wildman–Crippen LogP) is 2.05. The molecular weight excluding hydrogens is 352 g/mol. The fraction of sp³-hybridized carbons (Fsp3) is 0.444. The summed E-state index contributed by atoms with van der Waals surface area (Å²) in [6.07, 6.45) is 2.99. The Balaban J connectivity index is 2.00. The van der Waals surface area contributed by atoms with Crippen molar-refractivity contribution in [3.8, 4) is 0 Å². The fourth-order valence-corrected chi connectivity index (χ4v) is 2.93. The van der Waals surface area contributed by atoms with E-state index in [0.29, 0.717) is 12.1 Å². The third kappa shape index (κ3) is 5.01. The number of carbonyl (C=O) groups excluding carboxylic acids is 3. The average molecular weight is 376 g/mol. The van der Waals surface area contributed by atoms with Gasteiger partial charge in [-0.15, -0.1) is 0 Å². The van der Waals surface area contributed by atoms with Crippen LogP contribution in [0.2, 0.25) is 0 Å². The summed E-state index contributed by atoms with van der Waals surface area (Å²) in [4.78, 5) is 38.1. The van der Waals surface area contributed by atoms with Gasteiger partial charge in [-0.1, -0.05) is 38.0 Å². The molecule has 0 radical (unpaired) electrons. The number of unbranched alkanes of at least 4 members (excludes halogenated alkanes) is 2. The number of nitrogens with one attached hydrogen (secondary N) is 2. The first-order valence-corrected chi connectivity index (χ1v) is 9.10. The van der Waals surface area contributed by atoms with Crippen molar-refractivity contribution in [1.29, 1.82) is 0 Å². The Kier molecular flexibility index (Phi) is 7.08. The summed E-state index contributed by atoms with van der Waals surface area (Å²) in [7, 11) is 1.54. The fourth-order valence-electron chi connectivity index (χ4n) is 2.66. The molecule has 7 nitrogen and oxygen atoms in total. The van der Waals surface area contributed by atoms with Gasteiger partial charge in [0.25, 0.3) is 5.91 Å². The first kappa shape index (κ1) is 19.8. The number of carbonyl (C=O) groups is 3. The Morgan fingerprint density at radius 2 is 1.85 bits per heavy atom. The number of rotatable bonds is 8. The van der Waals surface area contributed by atoms with E-state index >= 15 is 0 Å². The molecule has 1 aliphatic heterocycles. The largest absolute Gasteiger partial charge is 0.326 e. The predicted molar refractivity (Wildman–Crippen MR) is 103 cm³/mol. The molecule has 1 aliphatic rings. The van der Waals surface area contributed by atoms with Crippen LogP contribution >= 0.6 is 12.2 Å². The van der Waals surface area contributed by atoms with Crippen molar-refractivity contribution in [3.05, 3.63) is 30.3 Å². The van der Waals surface area contributed by atoms with Gasteiger partial charge in [-0.2, -0.15) is 0 Å². The van der Waals surface area contributed by atoms with Crippen molar-refractivity contribution in [2.75, 3.05) is 12.4 Å². The van der Waals surface area contributed by atoms with Gasteiger partial charge in [0.05, 0.1) is 6.42 Å². The lowest BCUT2D eigenvalue weighted by molar-refractivity contribution is -0.132. The van der Waals surface area contributed by atoms with Crippen LogP contribution in [0.1, 0.15) is 39.0 Å². The lowest BCUT2D eigenvalue weighted by Gasteiger charge is -2.24. The zero-order chi connectivity index (χ0) is 19.1. The van der Waals surface area contributed by atoms with Crippen LogP contribution in [0.5, 0.6) is 0 Å². The van der Waals surface area contributed by atoms with Gasteiger partial charge in [-0.3, -0.25) is 24.7 Å². The maximum atomic E-state index is 12.4. The van der Waals surface area contributed by atoms with E-state index in [1.807, 2.05) is 18.2 Å². The molecule has 0 bridgehead atoms. The number of amides is 3. The molecular formula is C18H24N4O3S. The molecule has 0 aliphatic carbocycles. The van der Waals surface area contributed by atoms with Gasteiger partial charge in [0, 0.05) is 19.2 Å². The molecule has 1 saturated heterocycles. The lowest BCUT2D eigenvalue weighted by atomic mass is 10.2. The number of benzene rings is 1. The number of thiocarbonyl (C=S) groups is 1. The van der Waals surface area contributed by atoms with Crippen LogP contribution in [0, 0.1) is 0 Å². The molecule has 1 aromatic rings. The van der Waals surface area contributed by atoms with Gasteiger partial charge in [0.15, 0.2) is 5.11 Å².